The second-order valence-corrected chi connectivity index (χ2v) is 8.96. The maximum absolute atomic E-state index is 13.2. The molecule has 4 heterocycles. The average molecular weight is 365 g/mol. The fraction of sp³-hybridized carbons (Fsp3) is 0.789. The highest BCUT2D eigenvalue weighted by Crippen LogP contribution is 2.52. The monoisotopic (exact) mass is 364 g/mol. The molecule has 25 heavy (non-hydrogen) atoms. The highest BCUT2D eigenvalue weighted by atomic mass is 32.2. The summed E-state index contributed by atoms with van der Waals surface area (Å²) in [5, 5.41) is 0. The molecule has 138 valence electrons. The lowest BCUT2D eigenvalue weighted by molar-refractivity contribution is -0.143. The highest BCUT2D eigenvalue weighted by Gasteiger charge is 2.67. The lowest BCUT2D eigenvalue weighted by Crippen LogP contribution is -2.48. The first kappa shape index (κ1) is 17.4. The second kappa shape index (κ2) is 6.62. The van der Waals surface area contributed by atoms with Crippen LogP contribution in [0.15, 0.2) is 12.2 Å². The Bertz CT molecular complexity index is 585. The van der Waals surface area contributed by atoms with E-state index in [1.54, 1.807) is 0 Å². The number of hydrogen-bond acceptors (Lipinski definition) is 4. The number of ether oxygens (including phenoxy) is 1. The summed E-state index contributed by atoms with van der Waals surface area (Å²) >= 11 is 1.89. The predicted octanol–water partition coefficient (Wildman–Crippen LogP) is 1.78. The van der Waals surface area contributed by atoms with Crippen LogP contribution in [0.2, 0.25) is 0 Å². The Morgan fingerprint density at radius 2 is 2.08 bits per heavy atom. The van der Waals surface area contributed by atoms with Gasteiger partial charge in [-0.1, -0.05) is 38.8 Å². The van der Waals surface area contributed by atoms with E-state index in [1.807, 2.05) is 27.6 Å². The summed E-state index contributed by atoms with van der Waals surface area (Å²) in [5.41, 5.74) is -0.557. The molecule has 0 aromatic carbocycles. The van der Waals surface area contributed by atoms with E-state index in [1.165, 1.54) is 0 Å². The molecule has 2 bridgehead atoms. The summed E-state index contributed by atoms with van der Waals surface area (Å²) in [6, 6.07) is 0. The van der Waals surface area contributed by atoms with Crippen molar-refractivity contribution in [3.8, 4) is 0 Å². The van der Waals surface area contributed by atoms with Crippen LogP contribution in [0, 0.1) is 17.8 Å². The Hall–Kier alpha value is -1.01. The lowest BCUT2D eigenvalue weighted by atomic mass is 9.76. The van der Waals surface area contributed by atoms with E-state index in [0.29, 0.717) is 12.5 Å². The molecule has 0 N–H and O–H groups in total. The number of likely N-dealkylation sites (tertiary alicyclic amines) is 1. The van der Waals surface area contributed by atoms with Crippen molar-refractivity contribution in [2.45, 2.75) is 38.4 Å². The van der Waals surface area contributed by atoms with Crippen LogP contribution >= 0.6 is 11.8 Å². The van der Waals surface area contributed by atoms with Crippen molar-refractivity contribution in [2.75, 3.05) is 37.7 Å². The molecule has 0 aromatic heterocycles. The van der Waals surface area contributed by atoms with Gasteiger partial charge in [-0.25, -0.2) is 0 Å². The van der Waals surface area contributed by atoms with Gasteiger partial charge in [0, 0.05) is 31.1 Å². The number of thioether (sulfide) groups is 1. The Balaban J connectivity index is 1.55. The molecule has 0 radical (unpaired) electrons. The van der Waals surface area contributed by atoms with Crippen LogP contribution < -0.4 is 0 Å². The molecule has 2 amide bonds. The Kier molecular flexibility index (Phi) is 4.61. The topological polar surface area (TPSA) is 49.9 Å². The maximum atomic E-state index is 13.2. The predicted molar refractivity (Wildman–Crippen MR) is 98.3 cm³/mol. The van der Waals surface area contributed by atoms with Crippen molar-refractivity contribution in [1.29, 1.82) is 0 Å². The largest absolute Gasteiger partial charge is 0.360 e. The zero-order valence-corrected chi connectivity index (χ0v) is 16.0. The Morgan fingerprint density at radius 1 is 1.36 bits per heavy atom. The molecular weight excluding hydrogens is 336 g/mol. The van der Waals surface area contributed by atoms with Gasteiger partial charge < -0.3 is 14.5 Å². The van der Waals surface area contributed by atoms with Gasteiger partial charge in [0.25, 0.3) is 0 Å². The van der Waals surface area contributed by atoms with Crippen molar-refractivity contribution in [3.05, 3.63) is 12.2 Å². The van der Waals surface area contributed by atoms with Crippen molar-refractivity contribution < 1.29 is 14.3 Å². The minimum absolute atomic E-state index is 0.124. The van der Waals surface area contributed by atoms with Crippen LogP contribution in [0.4, 0.5) is 0 Å². The minimum Gasteiger partial charge on any atom is -0.360 e. The third-order valence-corrected chi connectivity index (χ3v) is 7.36. The van der Waals surface area contributed by atoms with Gasteiger partial charge in [0.1, 0.15) is 5.60 Å². The molecule has 4 rings (SSSR count). The van der Waals surface area contributed by atoms with E-state index in [2.05, 4.69) is 19.9 Å². The number of nitrogens with zero attached hydrogens (tertiary/aromatic N) is 2. The van der Waals surface area contributed by atoms with Crippen molar-refractivity contribution in [2.24, 2.45) is 17.8 Å². The normalized spacial score (nSPS) is 36.6. The van der Waals surface area contributed by atoms with Crippen molar-refractivity contribution in [3.63, 3.8) is 0 Å². The molecule has 5 nitrogen and oxygen atoms in total. The van der Waals surface area contributed by atoms with Gasteiger partial charge >= 0.3 is 0 Å². The molecule has 0 saturated carbocycles. The molecule has 4 atom stereocenters. The van der Waals surface area contributed by atoms with Gasteiger partial charge in [-0.3, -0.25) is 9.59 Å². The summed E-state index contributed by atoms with van der Waals surface area (Å²) in [4.78, 5) is 30.2. The van der Waals surface area contributed by atoms with E-state index in [0.717, 1.165) is 44.0 Å². The van der Waals surface area contributed by atoms with Gasteiger partial charge in [0.15, 0.2) is 0 Å². The van der Waals surface area contributed by atoms with Crippen LogP contribution in [0.1, 0.15) is 26.7 Å². The molecule has 4 aliphatic heterocycles. The number of fused-ring (bicyclic) bond motifs is 1. The van der Waals surface area contributed by atoms with Crippen LogP contribution in [-0.2, 0) is 14.3 Å². The number of amides is 2. The number of carbonyl (C=O) groups excluding carboxylic acids is 2. The SMILES string of the molecule is CCC(CC)CN1C[C@@]23C=C[C@@H](O2)C(C(=O)N2CCSCC2)C3C1=O. The standard InChI is InChI=1S/C19H28N2O3S/c1-3-13(4-2)11-21-12-19-6-5-14(24-19)15(16(19)18(21)23)17(22)20-7-9-25-10-8-20/h5-6,13-16H,3-4,7-12H2,1-2H3/t14-,15?,16?,19-/m1/s1. The fourth-order valence-electron chi connectivity index (χ4n) is 4.87. The van der Waals surface area contributed by atoms with Crippen molar-refractivity contribution in [1.82, 2.24) is 9.80 Å². The zero-order chi connectivity index (χ0) is 17.6. The Morgan fingerprint density at radius 3 is 2.76 bits per heavy atom. The van der Waals surface area contributed by atoms with E-state index in [4.69, 9.17) is 4.74 Å². The van der Waals surface area contributed by atoms with Crippen LogP contribution in [0.25, 0.3) is 0 Å². The fourth-order valence-corrected chi connectivity index (χ4v) is 5.77. The minimum atomic E-state index is -0.557. The van der Waals surface area contributed by atoms with Gasteiger partial charge in [-0.05, 0) is 5.92 Å². The quantitative estimate of drug-likeness (QED) is 0.698. The summed E-state index contributed by atoms with van der Waals surface area (Å²) in [5.74, 6) is 2.11. The molecule has 2 unspecified atom stereocenters. The molecule has 6 heteroatoms. The average Bonchev–Trinajstić information content (AvgIpc) is 3.28. The first-order valence-electron chi connectivity index (χ1n) is 9.62. The third-order valence-electron chi connectivity index (χ3n) is 6.42. The number of hydrogen-bond donors (Lipinski definition) is 0. The number of carbonyl (C=O) groups is 2. The van der Waals surface area contributed by atoms with E-state index in [9.17, 15) is 9.59 Å². The number of rotatable bonds is 5. The first-order chi connectivity index (χ1) is 12.1. The van der Waals surface area contributed by atoms with Gasteiger partial charge in [-0.2, -0.15) is 11.8 Å². The molecule has 3 saturated heterocycles. The van der Waals surface area contributed by atoms with Crippen LogP contribution in [0.5, 0.6) is 0 Å². The summed E-state index contributed by atoms with van der Waals surface area (Å²) in [7, 11) is 0. The molecule has 1 spiro atoms. The van der Waals surface area contributed by atoms with Crippen molar-refractivity contribution >= 4 is 23.6 Å². The van der Waals surface area contributed by atoms with E-state index in [-0.39, 0.29) is 29.8 Å². The van der Waals surface area contributed by atoms with Gasteiger partial charge in [0.2, 0.25) is 11.8 Å². The molecule has 0 aliphatic carbocycles. The summed E-state index contributed by atoms with van der Waals surface area (Å²) in [6.45, 7) is 7.34. The first-order valence-corrected chi connectivity index (χ1v) is 10.8. The molecule has 3 fully saturated rings. The van der Waals surface area contributed by atoms with Crippen LogP contribution in [0.3, 0.4) is 0 Å². The smallest absolute Gasteiger partial charge is 0.230 e. The highest BCUT2D eigenvalue weighted by molar-refractivity contribution is 7.99. The van der Waals surface area contributed by atoms with Crippen LogP contribution in [-0.4, -0.2) is 71.0 Å². The van der Waals surface area contributed by atoms with Gasteiger partial charge in [-0.15, -0.1) is 0 Å². The lowest BCUT2D eigenvalue weighted by Gasteiger charge is -2.32. The second-order valence-electron chi connectivity index (χ2n) is 7.74. The Labute approximate surface area is 154 Å². The van der Waals surface area contributed by atoms with Gasteiger partial charge in [0.05, 0.1) is 24.5 Å². The van der Waals surface area contributed by atoms with E-state index >= 15 is 0 Å². The zero-order valence-electron chi connectivity index (χ0n) is 15.1. The molecular formula is C19H28N2O3S. The maximum Gasteiger partial charge on any atom is 0.230 e. The molecule has 4 aliphatic rings. The molecule has 0 aromatic rings. The third kappa shape index (κ3) is 2.72. The summed E-state index contributed by atoms with van der Waals surface area (Å²) in [6.07, 6.45) is 6.01. The van der Waals surface area contributed by atoms with E-state index < -0.39 is 5.60 Å². The summed E-state index contributed by atoms with van der Waals surface area (Å²) < 4.78 is 6.23.